The number of benzene rings is 1. The van der Waals surface area contributed by atoms with Crippen LogP contribution in [0.2, 0.25) is 0 Å². The van der Waals surface area contributed by atoms with Crippen molar-refractivity contribution in [3.8, 4) is 11.5 Å². The normalized spacial score (nSPS) is 17.4. The van der Waals surface area contributed by atoms with Crippen LogP contribution in [-0.4, -0.2) is 43.7 Å². The number of carbonyl (C=O) groups is 1. The monoisotopic (exact) mass is 277 g/mol. The number of nitrogens with zero attached hydrogens (tertiary/aromatic N) is 1. The van der Waals surface area contributed by atoms with Crippen molar-refractivity contribution in [1.29, 1.82) is 0 Å². The molecule has 20 heavy (non-hydrogen) atoms. The molecule has 0 bridgehead atoms. The fourth-order valence-corrected chi connectivity index (χ4v) is 2.24. The molecule has 1 aliphatic heterocycles. The Morgan fingerprint density at radius 3 is 3.05 bits per heavy atom. The average Bonchev–Trinajstić information content (AvgIpc) is 3.24. The van der Waals surface area contributed by atoms with E-state index in [9.17, 15) is 4.79 Å². The van der Waals surface area contributed by atoms with Crippen molar-refractivity contribution in [3.05, 3.63) is 12.1 Å². The molecular weight excluding hydrogens is 258 g/mol. The van der Waals surface area contributed by atoms with E-state index in [0.29, 0.717) is 35.5 Å². The molecule has 0 aromatic heterocycles. The quantitative estimate of drug-likeness (QED) is 0.787. The van der Waals surface area contributed by atoms with Gasteiger partial charge in [0.05, 0.1) is 11.4 Å². The molecule has 6 heteroatoms. The number of carbonyl (C=O) groups excluding carboxylic acids is 1. The van der Waals surface area contributed by atoms with Gasteiger partial charge in [-0.15, -0.1) is 0 Å². The number of nitrogen functional groups attached to an aromatic ring is 1. The zero-order valence-electron chi connectivity index (χ0n) is 11.5. The number of amides is 1. The van der Waals surface area contributed by atoms with Crippen LogP contribution >= 0.6 is 0 Å². The van der Waals surface area contributed by atoms with Crippen LogP contribution in [-0.2, 0) is 4.79 Å². The van der Waals surface area contributed by atoms with E-state index in [-0.39, 0.29) is 12.5 Å². The third-order valence-electron chi connectivity index (χ3n) is 3.62. The van der Waals surface area contributed by atoms with Gasteiger partial charge in [-0.25, -0.2) is 0 Å². The predicted octanol–water partition coefficient (Wildman–Crippen LogP) is 1.07. The molecule has 0 atom stereocenters. The van der Waals surface area contributed by atoms with Gasteiger partial charge in [0.15, 0.2) is 6.61 Å². The van der Waals surface area contributed by atoms with E-state index in [1.807, 2.05) is 0 Å². The molecule has 0 saturated heterocycles. The van der Waals surface area contributed by atoms with Crippen molar-refractivity contribution in [2.75, 3.05) is 37.9 Å². The lowest BCUT2D eigenvalue weighted by Crippen LogP contribution is -2.27. The van der Waals surface area contributed by atoms with Crippen LogP contribution in [0.15, 0.2) is 12.1 Å². The van der Waals surface area contributed by atoms with Gasteiger partial charge >= 0.3 is 0 Å². The number of hydrogen-bond acceptors (Lipinski definition) is 5. The summed E-state index contributed by atoms with van der Waals surface area (Å²) in [4.78, 5) is 13.6. The summed E-state index contributed by atoms with van der Waals surface area (Å²) in [7, 11) is 2.10. The summed E-state index contributed by atoms with van der Waals surface area (Å²) in [6, 6.07) is 4.13. The second kappa shape index (κ2) is 5.20. The number of nitrogens with one attached hydrogen (secondary N) is 1. The summed E-state index contributed by atoms with van der Waals surface area (Å²) in [5, 5.41) is 2.75. The van der Waals surface area contributed by atoms with E-state index in [1.165, 1.54) is 12.8 Å². The number of ether oxygens (including phenoxy) is 2. The zero-order valence-corrected chi connectivity index (χ0v) is 11.5. The Balaban J connectivity index is 1.63. The van der Waals surface area contributed by atoms with Gasteiger partial charge in [0, 0.05) is 24.7 Å². The van der Waals surface area contributed by atoms with Crippen LogP contribution in [0.1, 0.15) is 12.8 Å². The predicted molar refractivity (Wildman–Crippen MR) is 76.1 cm³/mol. The Morgan fingerprint density at radius 2 is 2.30 bits per heavy atom. The van der Waals surface area contributed by atoms with E-state index < -0.39 is 0 Å². The molecule has 1 fully saturated rings. The second-order valence-corrected chi connectivity index (χ2v) is 5.28. The van der Waals surface area contributed by atoms with Crippen molar-refractivity contribution < 1.29 is 14.3 Å². The summed E-state index contributed by atoms with van der Waals surface area (Å²) in [6.07, 6.45) is 2.56. The van der Waals surface area contributed by atoms with Crippen molar-refractivity contribution in [2.24, 2.45) is 0 Å². The maximum absolute atomic E-state index is 11.3. The topological polar surface area (TPSA) is 76.8 Å². The first-order chi connectivity index (χ1) is 9.63. The van der Waals surface area contributed by atoms with Gasteiger partial charge in [-0.1, -0.05) is 0 Å². The summed E-state index contributed by atoms with van der Waals surface area (Å²) in [5.41, 5.74) is 7.07. The van der Waals surface area contributed by atoms with E-state index in [0.717, 1.165) is 6.54 Å². The van der Waals surface area contributed by atoms with Crippen LogP contribution in [0.4, 0.5) is 11.4 Å². The highest BCUT2D eigenvalue weighted by Gasteiger charge is 2.25. The largest absolute Gasteiger partial charge is 0.490 e. The fourth-order valence-electron chi connectivity index (χ4n) is 2.24. The van der Waals surface area contributed by atoms with E-state index in [2.05, 4.69) is 17.3 Å². The molecule has 1 saturated carbocycles. The average molecular weight is 277 g/mol. The molecule has 0 unspecified atom stereocenters. The number of hydrogen-bond donors (Lipinski definition) is 2. The molecule has 2 aliphatic rings. The van der Waals surface area contributed by atoms with Crippen LogP contribution in [0, 0.1) is 0 Å². The first-order valence-electron chi connectivity index (χ1n) is 6.82. The van der Waals surface area contributed by atoms with Gasteiger partial charge in [-0.3, -0.25) is 4.79 Å². The minimum Gasteiger partial charge on any atom is -0.490 e. The molecule has 3 N–H and O–H groups in total. The van der Waals surface area contributed by atoms with E-state index >= 15 is 0 Å². The van der Waals surface area contributed by atoms with Crippen molar-refractivity contribution >= 4 is 17.3 Å². The van der Waals surface area contributed by atoms with Gasteiger partial charge in [-0.05, 0) is 19.9 Å². The standard InChI is InChI=1S/C14H19N3O3/c1-17(9-2-3-9)4-5-19-12-7-11-13(6-10(12)15)20-8-14(18)16-11/h6-7,9H,2-5,8,15H2,1H3,(H,16,18). The number of rotatable bonds is 5. The minimum atomic E-state index is -0.165. The molecule has 108 valence electrons. The Bertz CT molecular complexity index is 529. The van der Waals surface area contributed by atoms with E-state index in [4.69, 9.17) is 15.2 Å². The Kier molecular flexibility index (Phi) is 3.40. The van der Waals surface area contributed by atoms with Crippen molar-refractivity contribution in [2.45, 2.75) is 18.9 Å². The van der Waals surface area contributed by atoms with Crippen molar-refractivity contribution in [3.63, 3.8) is 0 Å². The minimum absolute atomic E-state index is 0.0266. The highest BCUT2D eigenvalue weighted by atomic mass is 16.5. The first-order valence-corrected chi connectivity index (χ1v) is 6.82. The Labute approximate surface area is 117 Å². The van der Waals surface area contributed by atoms with E-state index in [1.54, 1.807) is 12.1 Å². The van der Waals surface area contributed by atoms with Gasteiger partial charge in [0.2, 0.25) is 0 Å². The van der Waals surface area contributed by atoms with Gasteiger partial charge < -0.3 is 25.4 Å². The molecule has 1 aliphatic carbocycles. The number of nitrogens with two attached hydrogens (primary N) is 1. The Hall–Kier alpha value is -1.95. The van der Waals surface area contributed by atoms with Gasteiger partial charge in [0.1, 0.15) is 18.1 Å². The molecule has 0 spiro atoms. The molecule has 6 nitrogen and oxygen atoms in total. The fraction of sp³-hybridized carbons (Fsp3) is 0.500. The van der Waals surface area contributed by atoms with Crippen LogP contribution in [0.25, 0.3) is 0 Å². The highest BCUT2D eigenvalue weighted by molar-refractivity contribution is 5.96. The third-order valence-corrected chi connectivity index (χ3v) is 3.62. The molecule has 3 rings (SSSR count). The molecule has 1 aromatic rings. The van der Waals surface area contributed by atoms with Gasteiger partial charge in [-0.2, -0.15) is 0 Å². The maximum Gasteiger partial charge on any atom is 0.262 e. The van der Waals surface area contributed by atoms with Crippen LogP contribution < -0.4 is 20.5 Å². The molecule has 1 aromatic carbocycles. The Morgan fingerprint density at radius 1 is 1.50 bits per heavy atom. The molecule has 1 amide bonds. The molecule has 0 radical (unpaired) electrons. The lowest BCUT2D eigenvalue weighted by Gasteiger charge is -2.21. The molecule has 1 heterocycles. The molecular formula is C14H19N3O3. The van der Waals surface area contributed by atoms with Gasteiger partial charge in [0.25, 0.3) is 5.91 Å². The van der Waals surface area contributed by atoms with Crippen LogP contribution in [0.5, 0.6) is 11.5 Å². The van der Waals surface area contributed by atoms with Crippen molar-refractivity contribution in [1.82, 2.24) is 4.90 Å². The van der Waals surface area contributed by atoms with Crippen LogP contribution in [0.3, 0.4) is 0 Å². The second-order valence-electron chi connectivity index (χ2n) is 5.28. The zero-order chi connectivity index (χ0) is 14.1. The highest BCUT2D eigenvalue weighted by Crippen LogP contribution is 2.36. The lowest BCUT2D eigenvalue weighted by molar-refractivity contribution is -0.118. The lowest BCUT2D eigenvalue weighted by atomic mass is 10.2. The maximum atomic E-state index is 11.3. The smallest absolute Gasteiger partial charge is 0.262 e. The summed E-state index contributed by atoms with van der Waals surface area (Å²) < 4.78 is 11.0. The summed E-state index contributed by atoms with van der Waals surface area (Å²) >= 11 is 0. The SMILES string of the molecule is CN(CCOc1cc2c(cc1N)OCC(=O)N2)C1CC1. The third kappa shape index (κ3) is 2.80. The number of anilines is 2. The summed E-state index contributed by atoms with van der Waals surface area (Å²) in [6.45, 7) is 1.47. The summed E-state index contributed by atoms with van der Waals surface area (Å²) in [5.74, 6) is 1.00. The number of fused-ring (bicyclic) bond motifs is 1. The first kappa shape index (κ1) is 13.1. The number of likely N-dealkylation sites (N-methyl/N-ethyl adjacent to an activating group) is 1.